The average Bonchev–Trinajstić information content (AvgIpc) is 3.10. The van der Waals surface area contributed by atoms with Gasteiger partial charge in [0.2, 0.25) is 17.7 Å². The van der Waals surface area contributed by atoms with Gasteiger partial charge in [0.15, 0.2) is 11.6 Å². The molecule has 1 saturated heterocycles. The lowest BCUT2D eigenvalue weighted by Crippen LogP contribution is -2.50. The molecule has 0 radical (unpaired) electrons. The molecular weight excluding hydrogens is 646 g/mol. The van der Waals surface area contributed by atoms with Crippen LogP contribution in [0.3, 0.4) is 0 Å². The number of piperazine rings is 1. The Kier molecular flexibility index (Phi) is 17.9. The zero-order chi connectivity index (χ0) is 37.2. The molecular formula is C39H59N7O5. The molecule has 0 saturated carbocycles. The summed E-state index contributed by atoms with van der Waals surface area (Å²) < 4.78 is 0. The monoisotopic (exact) mass is 705 g/mol. The normalized spacial score (nSPS) is 16.2. The molecule has 2 aromatic rings. The number of rotatable bonds is 23. The van der Waals surface area contributed by atoms with E-state index in [9.17, 15) is 24.0 Å². The van der Waals surface area contributed by atoms with Crippen molar-refractivity contribution in [3.63, 3.8) is 0 Å². The third kappa shape index (κ3) is 15.4. The standard InChI is InChI=1S/C39H59N7O5/c1-28(2)22-34(36(48)25-31(14-9-15-40)38(50)43-16-17-45-18-20-46(21-19-45)27-37(42)49)44-39(51)32(23-29-10-5-3-6-11-29)26-35(47)33(41)24-30-12-7-4-8-13-30/h3-8,10-13,28,31-34H,9,14-27,40-41H2,1-2H3,(H2,42,49)(H,43,50)(H,44,51)/t31-,32-,33+,34+/m0/s1. The molecule has 280 valence electrons. The molecule has 1 heterocycles. The minimum atomic E-state index is -0.811. The van der Waals surface area contributed by atoms with Crippen molar-refractivity contribution in [3.05, 3.63) is 71.8 Å². The fourth-order valence-corrected chi connectivity index (χ4v) is 6.51. The Morgan fingerprint density at radius 2 is 1.33 bits per heavy atom. The minimum Gasteiger partial charge on any atom is -0.369 e. The zero-order valence-corrected chi connectivity index (χ0v) is 30.4. The molecule has 4 atom stereocenters. The van der Waals surface area contributed by atoms with Crippen molar-refractivity contribution in [2.75, 3.05) is 52.4 Å². The van der Waals surface area contributed by atoms with E-state index in [1.165, 1.54) is 0 Å². The van der Waals surface area contributed by atoms with Crippen LogP contribution in [-0.2, 0) is 36.8 Å². The maximum Gasteiger partial charge on any atom is 0.231 e. The largest absolute Gasteiger partial charge is 0.369 e. The Labute approximate surface area is 303 Å². The summed E-state index contributed by atoms with van der Waals surface area (Å²) in [6, 6.07) is 17.4. The minimum absolute atomic E-state index is 0.0283. The molecule has 12 nitrogen and oxygen atoms in total. The quantitative estimate of drug-likeness (QED) is 0.114. The predicted molar refractivity (Wildman–Crippen MR) is 199 cm³/mol. The Morgan fingerprint density at radius 1 is 0.765 bits per heavy atom. The van der Waals surface area contributed by atoms with Crippen molar-refractivity contribution >= 4 is 29.3 Å². The van der Waals surface area contributed by atoms with Gasteiger partial charge in [-0.15, -0.1) is 0 Å². The lowest BCUT2D eigenvalue weighted by atomic mass is 9.88. The van der Waals surface area contributed by atoms with Gasteiger partial charge in [-0.2, -0.15) is 0 Å². The van der Waals surface area contributed by atoms with E-state index >= 15 is 0 Å². The molecule has 0 spiro atoms. The van der Waals surface area contributed by atoms with Crippen molar-refractivity contribution < 1.29 is 24.0 Å². The van der Waals surface area contributed by atoms with E-state index in [4.69, 9.17) is 17.2 Å². The van der Waals surface area contributed by atoms with Gasteiger partial charge in [-0.3, -0.25) is 33.8 Å². The van der Waals surface area contributed by atoms with Gasteiger partial charge < -0.3 is 27.8 Å². The van der Waals surface area contributed by atoms with E-state index in [1.54, 1.807) is 0 Å². The SMILES string of the molecule is CC(C)C[C@@H](NC(=O)[C@H](CC(=O)[C@H](N)Cc1ccccc1)Cc1ccccc1)C(=O)C[C@H](CCCN)C(=O)NCCN1CCN(CC(N)=O)CC1. The molecule has 51 heavy (non-hydrogen) atoms. The van der Waals surface area contributed by atoms with E-state index in [2.05, 4.69) is 15.5 Å². The number of carbonyl (C=O) groups excluding carboxylic acids is 5. The Hall–Kier alpha value is -3.97. The maximum absolute atomic E-state index is 13.9. The van der Waals surface area contributed by atoms with E-state index in [0.717, 1.165) is 37.3 Å². The molecule has 0 bridgehead atoms. The van der Waals surface area contributed by atoms with E-state index in [-0.39, 0.29) is 54.6 Å². The first kappa shape index (κ1) is 41.5. The van der Waals surface area contributed by atoms with Crippen LogP contribution in [0, 0.1) is 17.8 Å². The molecule has 1 aliphatic rings. The summed E-state index contributed by atoms with van der Waals surface area (Å²) in [5, 5.41) is 5.99. The second-order valence-electron chi connectivity index (χ2n) is 14.2. The highest BCUT2D eigenvalue weighted by molar-refractivity contribution is 5.94. The summed E-state index contributed by atoms with van der Waals surface area (Å²) in [7, 11) is 0. The first-order chi connectivity index (χ1) is 24.4. The van der Waals surface area contributed by atoms with E-state index < -0.39 is 23.9 Å². The topological polar surface area (TPSA) is 194 Å². The van der Waals surface area contributed by atoms with Crippen LogP contribution in [0.5, 0.6) is 0 Å². The van der Waals surface area contributed by atoms with Crippen LogP contribution < -0.4 is 27.8 Å². The molecule has 2 aromatic carbocycles. The lowest BCUT2D eigenvalue weighted by Gasteiger charge is -2.34. The third-order valence-electron chi connectivity index (χ3n) is 9.41. The number of hydrogen-bond donors (Lipinski definition) is 5. The van der Waals surface area contributed by atoms with Crippen molar-refractivity contribution in [2.24, 2.45) is 35.0 Å². The smallest absolute Gasteiger partial charge is 0.231 e. The van der Waals surface area contributed by atoms with Gasteiger partial charge in [0.1, 0.15) is 0 Å². The summed E-state index contributed by atoms with van der Waals surface area (Å²) in [5.41, 5.74) is 19.3. The molecule has 8 N–H and O–H groups in total. The van der Waals surface area contributed by atoms with Gasteiger partial charge in [0.25, 0.3) is 0 Å². The zero-order valence-electron chi connectivity index (χ0n) is 30.4. The second kappa shape index (κ2) is 22.1. The summed E-state index contributed by atoms with van der Waals surface area (Å²) in [6.07, 6.45) is 2.04. The molecule has 3 amide bonds. The van der Waals surface area contributed by atoms with Crippen molar-refractivity contribution in [2.45, 2.75) is 70.9 Å². The summed E-state index contributed by atoms with van der Waals surface area (Å²) in [6.45, 7) is 8.67. The van der Waals surface area contributed by atoms with Gasteiger partial charge in [-0.1, -0.05) is 74.5 Å². The van der Waals surface area contributed by atoms with Gasteiger partial charge in [-0.05, 0) is 55.7 Å². The van der Waals surface area contributed by atoms with Crippen LogP contribution in [0.4, 0.5) is 0 Å². The number of amides is 3. The third-order valence-corrected chi connectivity index (χ3v) is 9.41. The van der Waals surface area contributed by atoms with E-state index in [1.807, 2.05) is 79.4 Å². The van der Waals surface area contributed by atoms with Crippen LogP contribution in [-0.4, -0.2) is 104 Å². The highest BCUT2D eigenvalue weighted by Gasteiger charge is 2.32. The molecule has 12 heteroatoms. The number of hydrogen-bond acceptors (Lipinski definition) is 9. The lowest BCUT2D eigenvalue weighted by molar-refractivity contribution is -0.134. The average molecular weight is 706 g/mol. The number of Topliss-reactive ketones (excluding diaryl/α,β-unsaturated/α-hetero) is 2. The second-order valence-corrected chi connectivity index (χ2v) is 14.2. The van der Waals surface area contributed by atoms with Crippen LogP contribution >= 0.6 is 0 Å². The first-order valence-corrected chi connectivity index (χ1v) is 18.3. The number of nitrogens with two attached hydrogens (primary N) is 3. The number of primary amides is 1. The van der Waals surface area contributed by atoms with Crippen LogP contribution in [0.1, 0.15) is 57.1 Å². The van der Waals surface area contributed by atoms with Crippen LogP contribution in [0.15, 0.2) is 60.7 Å². The maximum atomic E-state index is 13.9. The van der Waals surface area contributed by atoms with Gasteiger partial charge in [0, 0.05) is 63.9 Å². The van der Waals surface area contributed by atoms with Crippen molar-refractivity contribution in [1.29, 1.82) is 0 Å². The fourth-order valence-electron chi connectivity index (χ4n) is 6.51. The number of carbonyl (C=O) groups is 5. The van der Waals surface area contributed by atoms with Crippen LogP contribution in [0.2, 0.25) is 0 Å². The van der Waals surface area contributed by atoms with Crippen LogP contribution in [0.25, 0.3) is 0 Å². The number of nitrogens with zero attached hydrogens (tertiary/aromatic N) is 2. The van der Waals surface area contributed by atoms with Gasteiger partial charge >= 0.3 is 0 Å². The highest BCUT2D eigenvalue weighted by atomic mass is 16.2. The highest BCUT2D eigenvalue weighted by Crippen LogP contribution is 2.20. The Morgan fingerprint density at radius 3 is 1.90 bits per heavy atom. The number of ketones is 2. The Bertz CT molecular complexity index is 1380. The molecule has 0 aliphatic carbocycles. The molecule has 1 aliphatic heterocycles. The van der Waals surface area contributed by atoms with Gasteiger partial charge in [-0.25, -0.2) is 0 Å². The predicted octanol–water partition coefficient (Wildman–Crippen LogP) is 1.44. The first-order valence-electron chi connectivity index (χ1n) is 18.3. The summed E-state index contributed by atoms with van der Waals surface area (Å²) >= 11 is 0. The molecule has 0 unspecified atom stereocenters. The molecule has 0 aromatic heterocycles. The fraction of sp³-hybridized carbons (Fsp3) is 0.564. The molecule has 1 fully saturated rings. The van der Waals surface area contributed by atoms with Crippen molar-refractivity contribution in [3.8, 4) is 0 Å². The summed E-state index contributed by atoms with van der Waals surface area (Å²) in [4.78, 5) is 70.0. The Balaban J connectivity index is 1.65. The number of benzene rings is 2. The van der Waals surface area contributed by atoms with Gasteiger partial charge in [0.05, 0.1) is 18.6 Å². The van der Waals surface area contributed by atoms with E-state index in [0.29, 0.717) is 51.7 Å². The number of nitrogens with one attached hydrogen (secondary N) is 2. The van der Waals surface area contributed by atoms with Crippen molar-refractivity contribution in [1.82, 2.24) is 20.4 Å². The molecule has 3 rings (SSSR count). The summed E-state index contributed by atoms with van der Waals surface area (Å²) in [5.74, 6) is -2.58.